The third-order valence-electron chi connectivity index (χ3n) is 7.06. The van der Waals surface area contributed by atoms with Gasteiger partial charge >= 0.3 is 17.9 Å². The van der Waals surface area contributed by atoms with Crippen molar-refractivity contribution in [2.45, 2.75) is 114 Å². The second kappa shape index (κ2) is 14.4. The molecule has 0 unspecified atom stereocenters. The van der Waals surface area contributed by atoms with E-state index in [1.54, 1.807) is 0 Å². The average molecular weight is 458 g/mol. The molecule has 0 aromatic carbocycles. The maximum Gasteiger partial charge on any atom is 0.323 e. The Labute approximate surface area is 191 Å². The summed E-state index contributed by atoms with van der Waals surface area (Å²) in [4.78, 5) is 31.5. The molecular weight excluding hydrogens is 414 g/mol. The second-order valence-corrected chi connectivity index (χ2v) is 9.55. The molecule has 0 amide bonds. The standard InChI is InChI=1S/2C8H15NO2.C7H13NO2/c2*9-7(8(10)11)6-4-2-1-3-5-6;8-7(6(9)10)4-2-1-3-5-7/h2*6-7H,1-5,9H2,(H,10,11);1-5,8H2,(H,9,10)/t2*7-;/m00./s1. The molecule has 3 fully saturated rings. The van der Waals surface area contributed by atoms with Gasteiger partial charge in [-0.1, -0.05) is 57.8 Å². The van der Waals surface area contributed by atoms with Crippen LogP contribution in [0.15, 0.2) is 0 Å². The number of carboxylic acids is 3. The lowest BCUT2D eigenvalue weighted by atomic mass is 9.83. The Kier molecular flexibility index (Phi) is 12.8. The van der Waals surface area contributed by atoms with Crippen LogP contribution in [0.25, 0.3) is 0 Å². The molecule has 0 aromatic rings. The molecule has 0 spiro atoms. The van der Waals surface area contributed by atoms with Gasteiger partial charge in [-0.25, -0.2) is 0 Å². The lowest BCUT2D eigenvalue weighted by molar-refractivity contribution is -0.144. The number of aliphatic carboxylic acids is 3. The second-order valence-electron chi connectivity index (χ2n) is 9.55. The first-order valence-corrected chi connectivity index (χ1v) is 12.1. The van der Waals surface area contributed by atoms with E-state index in [0.717, 1.165) is 70.6 Å². The molecule has 0 aromatic heterocycles. The predicted octanol–water partition coefficient (Wildman–Crippen LogP) is 2.69. The predicted molar refractivity (Wildman–Crippen MR) is 122 cm³/mol. The van der Waals surface area contributed by atoms with Crippen molar-refractivity contribution in [2.75, 3.05) is 0 Å². The Morgan fingerprint density at radius 1 is 0.625 bits per heavy atom. The highest BCUT2D eigenvalue weighted by Gasteiger charge is 2.34. The van der Waals surface area contributed by atoms with Crippen molar-refractivity contribution in [1.29, 1.82) is 0 Å². The molecule has 3 aliphatic carbocycles. The Bertz CT molecular complexity index is 548. The topological polar surface area (TPSA) is 190 Å². The molecule has 0 saturated heterocycles. The van der Waals surface area contributed by atoms with E-state index in [9.17, 15) is 14.4 Å². The molecule has 0 bridgehead atoms. The average Bonchev–Trinajstić information content (AvgIpc) is 2.80. The van der Waals surface area contributed by atoms with Crippen LogP contribution in [0, 0.1) is 11.8 Å². The van der Waals surface area contributed by atoms with Crippen LogP contribution in [0.4, 0.5) is 0 Å². The molecule has 9 nitrogen and oxygen atoms in total. The van der Waals surface area contributed by atoms with Gasteiger partial charge in [-0.15, -0.1) is 0 Å². The number of hydrogen-bond acceptors (Lipinski definition) is 6. The molecule has 0 radical (unpaired) electrons. The molecule has 3 saturated carbocycles. The molecule has 0 heterocycles. The Morgan fingerprint density at radius 3 is 1.19 bits per heavy atom. The van der Waals surface area contributed by atoms with Gasteiger partial charge in [0.25, 0.3) is 0 Å². The van der Waals surface area contributed by atoms with Crippen molar-refractivity contribution in [2.24, 2.45) is 29.0 Å². The van der Waals surface area contributed by atoms with Crippen molar-refractivity contribution in [1.82, 2.24) is 0 Å². The Balaban J connectivity index is 0.000000240. The largest absolute Gasteiger partial charge is 0.480 e. The highest BCUT2D eigenvalue weighted by molar-refractivity contribution is 5.78. The van der Waals surface area contributed by atoms with Crippen LogP contribution in [0.3, 0.4) is 0 Å². The van der Waals surface area contributed by atoms with Gasteiger partial charge in [0, 0.05) is 0 Å². The number of hydrogen-bond donors (Lipinski definition) is 6. The van der Waals surface area contributed by atoms with Gasteiger partial charge in [-0.3, -0.25) is 14.4 Å². The van der Waals surface area contributed by atoms with E-state index in [4.69, 9.17) is 32.5 Å². The molecule has 2 atom stereocenters. The number of carboxylic acid groups (broad SMARTS) is 3. The van der Waals surface area contributed by atoms with Crippen LogP contribution < -0.4 is 17.2 Å². The van der Waals surface area contributed by atoms with Gasteiger partial charge in [0.1, 0.15) is 17.6 Å². The molecule has 3 aliphatic rings. The quantitative estimate of drug-likeness (QED) is 0.360. The van der Waals surface area contributed by atoms with Gasteiger partial charge in [0.2, 0.25) is 0 Å². The molecule has 3 rings (SSSR count). The Hall–Kier alpha value is -1.71. The minimum atomic E-state index is -0.905. The van der Waals surface area contributed by atoms with Crippen LogP contribution in [-0.4, -0.2) is 50.9 Å². The third kappa shape index (κ3) is 9.83. The van der Waals surface area contributed by atoms with Crippen LogP contribution in [0.2, 0.25) is 0 Å². The summed E-state index contributed by atoms with van der Waals surface area (Å²) in [6.45, 7) is 0. The summed E-state index contributed by atoms with van der Waals surface area (Å²) in [6, 6.07) is -1.26. The summed E-state index contributed by atoms with van der Waals surface area (Å²) in [5.41, 5.74) is 15.7. The lowest BCUT2D eigenvalue weighted by Gasteiger charge is -2.28. The van der Waals surface area contributed by atoms with E-state index in [1.807, 2.05) is 0 Å². The van der Waals surface area contributed by atoms with E-state index in [2.05, 4.69) is 0 Å². The smallest absolute Gasteiger partial charge is 0.323 e. The number of carbonyl (C=O) groups is 3. The van der Waals surface area contributed by atoms with Crippen molar-refractivity contribution in [3.05, 3.63) is 0 Å². The summed E-state index contributed by atoms with van der Waals surface area (Å²) < 4.78 is 0. The van der Waals surface area contributed by atoms with E-state index >= 15 is 0 Å². The van der Waals surface area contributed by atoms with Crippen molar-refractivity contribution in [3.8, 4) is 0 Å². The zero-order valence-electron chi connectivity index (χ0n) is 19.2. The van der Waals surface area contributed by atoms with Crippen molar-refractivity contribution >= 4 is 17.9 Å². The van der Waals surface area contributed by atoms with Crippen LogP contribution in [0.5, 0.6) is 0 Å². The van der Waals surface area contributed by atoms with Gasteiger partial charge < -0.3 is 32.5 Å². The zero-order chi connectivity index (χ0) is 24.1. The zero-order valence-corrected chi connectivity index (χ0v) is 19.2. The normalized spacial score (nSPS) is 23.3. The molecule has 0 aliphatic heterocycles. The van der Waals surface area contributed by atoms with Crippen molar-refractivity contribution < 1.29 is 29.7 Å². The van der Waals surface area contributed by atoms with Crippen molar-refractivity contribution in [3.63, 3.8) is 0 Å². The maximum absolute atomic E-state index is 10.6. The van der Waals surface area contributed by atoms with E-state index < -0.39 is 35.5 Å². The molecular formula is C23H43N3O6. The first kappa shape index (κ1) is 28.3. The fourth-order valence-corrected chi connectivity index (χ4v) is 4.79. The van der Waals surface area contributed by atoms with Gasteiger partial charge in [0.15, 0.2) is 0 Å². The monoisotopic (exact) mass is 457 g/mol. The number of nitrogens with two attached hydrogens (primary N) is 3. The van der Waals surface area contributed by atoms with E-state index in [1.165, 1.54) is 12.8 Å². The first-order valence-electron chi connectivity index (χ1n) is 12.1. The molecule has 9 heteroatoms. The summed E-state index contributed by atoms with van der Waals surface area (Å²) >= 11 is 0. The fourth-order valence-electron chi connectivity index (χ4n) is 4.79. The van der Waals surface area contributed by atoms with Crippen LogP contribution in [-0.2, 0) is 14.4 Å². The van der Waals surface area contributed by atoms with Crippen LogP contribution in [0.1, 0.15) is 96.3 Å². The summed E-state index contributed by atoms with van der Waals surface area (Å²) in [5.74, 6) is -2.09. The van der Waals surface area contributed by atoms with Gasteiger partial charge in [0.05, 0.1) is 0 Å². The maximum atomic E-state index is 10.6. The first-order chi connectivity index (χ1) is 15.1. The summed E-state index contributed by atoms with van der Waals surface area (Å²) in [6.07, 6.45) is 15.4. The highest BCUT2D eigenvalue weighted by atomic mass is 16.4. The summed E-state index contributed by atoms with van der Waals surface area (Å²) in [5, 5.41) is 25.9. The molecule has 32 heavy (non-hydrogen) atoms. The number of rotatable bonds is 5. The summed E-state index contributed by atoms with van der Waals surface area (Å²) in [7, 11) is 0. The highest BCUT2D eigenvalue weighted by Crippen LogP contribution is 2.27. The molecule has 186 valence electrons. The van der Waals surface area contributed by atoms with Gasteiger partial charge in [-0.2, -0.15) is 0 Å². The lowest BCUT2D eigenvalue weighted by Crippen LogP contribution is -2.49. The minimum Gasteiger partial charge on any atom is -0.480 e. The van der Waals surface area contributed by atoms with Crippen LogP contribution >= 0.6 is 0 Å². The van der Waals surface area contributed by atoms with E-state index in [-0.39, 0.29) is 11.8 Å². The SMILES string of the molecule is NC1(C(=O)O)CCCCC1.N[C@H](C(=O)O)C1CCCCC1.N[C@H](C(=O)O)C1CCCCC1. The third-order valence-corrected chi connectivity index (χ3v) is 7.06. The van der Waals surface area contributed by atoms with Gasteiger partial charge in [-0.05, 0) is 50.4 Å². The van der Waals surface area contributed by atoms with E-state index in [0.29, 0.717) is 12.8 Å². The Morgan fingerprint density at radius 2 is 0.938 bits per heavy atom. The molecule has 9 N–H and O–H groups in total. The fraction of sp³-hybridized carbons (Fsp3) is 0.870. The minimum absolute atomic E-state index is 0.223.